The lowest BCUT2D eigenvalue weighted by molar-refractivity contribution is 0.338. The first-order chi connectivity index (χ1) is 8.33. The quantitative estimate of drug-likeness (QED) is 0.850. The second-order valence-electron chi connectivity index (χ2n) is 4.69. The molecular weight excluding hydrogens is 214 g/mol. The average molecular weight is 231 g/mol. The third-order valence-corrected chi connectivity index (χ3v) is 3.39. The molecule has 90 valence electrons. The number of nitrogens with zero attached hydrogens (tertiary/aromatic N) is 1. The number of rotatable bonds is 4. The van der Waals surface area contributed by atoms with E-state index in [1.807, 2.05) is 25.3 Å². The van der Waals surface area contributed by atoms with E-state index in [9.17, 15) is 0 Å². The third kappa shape index (κ3) is 2.13. The summed E-state index contributed by atoms with van der Waals surface area (Å²) in [6, 6.07) is 4.64. The van der Waals surface area contributed by atoms with Gasteiger partial charge < -0.3 is 9.73 Å². The molecule has 17 heavy (non-hydrogen) atoms. The highest BCUT2D eigenvalue weighted by Gasteiger charge is 2.18. The first kappa shape index (κ1) is 10.6. The summed E-state index contributed by atoms with van der Waals surface area (Å²) in [7, 11) is 0. The van der Waals surface area contributed by atoms with Crippen molar-refractivity contribution in [2.45, 2.75) is 38.8 Å². The molecule has 1 saturated carbocycles. The Morgan fingerprint density at radius 3 is 3.00 bits per heavy atom. The van der Waals surface area contributed by atoms with E-state index in [0.29, 0.717) is 6.04 Å². The normalized spacial score (nSPS) is 16.1. The molecule has 0 aliphatic heterocycles. The van der Waals surface area contributed by atoms with E-state index >= 15 is 0 Å². The fraction of sp³-hybridized carbons (Fsp3) is 0.462. The molecule has 2 aromatic rings. The van der Waals surface area contributed by atoms with Gasteiger partial charge >= 0.3 is 0 Å². The summed E-state index contributed by atoms with van der Waals surface area (Å²) in [5, 5.41) is 10.7. The molecule has 2 heterocycles. The molecule has 1 aliphatic rings. The Bertz CT molecular complexity index is 496. The van der Waals surface area contributed by atoms with Gasteiger partial charge in [0.25, 0.3) is 0 Å². The molecule has 0 amide bonds. The highest BCUT2D eigenvalue weighted by Crippen LogP contribution is 2.24. The van der Waals surface area contributed by atoms with Crippen molar-refractivity contribution in [3.05, 3.63) is 29.7 Å². The van der Waals surface area contributed by atoms with Crippen LogP contribution in [0.5, 0.6) is 0 Å². The minimum absolute atomic E-state index is 0.691. The summed E-state index contributed by atoms with van der Waals surface area (Å²) in [5.41, 5.74) is 2.16. The SMILES string of the molecule is Cc1ccc(-c2[nH]ncc2CNC2CCC2)o1. The minimum atomic E-state index is 0.691. The van der Waals surface area contributed by atoms with Crippen LogP contribution in [0.4, 0.5) is 0 Å². The van der Waals surface area contributed by atoms with E-state index in [0.717, 1.165) is 23.8 Å². The lowest BCUT2D eigenvalue weighted by Gasteiger charge is -2.26. The number of nitrogens with one attached hydrogen (secondary N) is 2. The van der Waals surface area contributed by atoms with E-state index in [1.54, 1.807) is 0 Å². The van der Waals surface area contributed by atoms with Gasteiger partial charge in [0, 0.05) is 18.2 Å². The molecule has 0 bridgehead atoms. The third-order valence-electron chi connectivity index (χ3n) is 3.39. The number of hydrogen-bond donors (Lipinski definition) is 2. The second kappa shape index (κ2) is 4.37. The molecule has 1 fully saturated rings. The Kier molecular flexibility index (Phi) is 2.73. The van der Waals surface area contributed by atoms with Crippen LogP contribution in [0.15, 0.2) is 22.7 Å². The van der Waals surface area contributed by atoms with Crippen molar-refractivity contribution in [3.63, 3.8) is 0 Å². The maximum Gasteiger partial charge on any atom is 0.152 e. The monoisotopic (exact) mass is 231 g/mol. The van der Waals surface area contributed by atoms with Crippen molar-refractivity contribution in [2.24, 2.45) is 0 Å². The van der Waals surface area contributed by atoms with Crippen molar-refractivity contribution in [3.8, 4) is 11.5 Å². The number of hydrogen-bond acceptors (Lipinski definition) is 3. The Morgan fingerprint density at radius 2 is 2.35 bits per heavy atom. The Hall–Kier alpha value is -1.55. The number of aryl methyl sites for hydroxylation is 1. The van der Waals surface area contributed by atoms with Gasteiger partial charge in [-0.25, -0.2) is 0 Å². The van der Waals surface area contributed by atoms with Crippen LogP contribution in [0.3, 0.4) is 0 Å². The van der Waals surface area contributed by atoms with Gasteiger partial charge in [-0.2, -0.15) is 5.10 Å². The van der Waals surface area contributed by atoms with Gasteiger partial charge in [0.05, 0.1) is 6.20 Å². The number of furan rings is 1. The van der Waals surface area contributed by atoms with Crippen molar-refractivity contribution < 1.29 is 4.42 Å². The van der Waals surface area contributed by atoms with Crippen LogP contribution < -0.4 is 5.32 Å². The largest absolute Gasteiger partial charge is 0.460 e. The molecule has 4 nitrogen and oxygen atoms in total. The zero-order valence-electron chi connectivity index (χ0n) is 9.99. The molecule has 0 aromatic carbocycles. The molecule has 2 N–H and O–H groups in total. The average Bonchev–Trinajstić information content (AvgIpc) is 2.84. The summed E-state index contributed by atoms with van der Waals surface area (Å²) in [6.07, 6.45) is 5.83. The molecule has 3 rings (SSSR count). The maximum absolute atomic E-state index is 5.62. The molecule has 0 radical (unpaired) electrons. The molecule has 1 aliphatic carbocycles. The van der Waals surface area contributed by atoms with E-state index in [1.165, 1.54) is 24.8 Å². The molecular formula is C13H17N3O. The van der Waals surface area contributed by atoms with Crippen LogP contribution in [0.25, 0.3) is 11.5 Å². The lowest BCUT2D eigenvalue weighted by atomic mass is 9.93. The van der Waals surface area contributed by atoms with E-state index in [-0.39, 0.29) is 0 Å². The van der Waals surface area contributed by atoms with Crippen LogP contribution in [0.1, 0.15) is 30.6 Å². The summed E-state index contributed by atoms with van der Waals surface area (Å²) in [6.45, 7) is 2.81. The van der Waals surface area contributed by atoms with Crippen LogP contribution in [-0.2, 0) is 6.54 Å². The smallest absolute Gasteiger partial charge is 0.152 e. The standard InChI is InChI=1S/C13H17N3O/c1-9-5-6-12(17-9)13-10(8-15-16-13)7-14-11-3-2-4-11/h5-6,8,11,14H,2-4,7H2,1H3,(H,15,16). The molecule has 2 aromatic heterocycles. The first-order valence-electron chi connectivity index (χ1n) is 6.15. The topological polar surface area (TPSA) is 53.9 Å². The second-order valence-corrected chi connectivity index (χ2v) is 4.69. The molecule has 0 unspecified atom stereocenters. The first-order valence-corrected chi connectivity index (χ1v) is 6.15. The van der Waals surface area contributed by atoms with Crippen molar-refractivity contribution in [1.29, 1.82) is 0 Å². The van der Waals surface area contributed by atoms with Gasteiger partial charge in [0.2, 0.25) is 0 Å². The van der Waals surface area contributed by atoms with Crippen molar-refractivity contribution >= 4 is 0 Å². The number of H-pyrrole nitrogens is 1. The van der Waals surface area contributed by atoms with E-state index < -0.39 is 0 Å². The Morgan fingerprint density at radius 1 is 1.47 bits per heavy atom. The summed E-state index contributed by atoms with van der Waals surface area (Å²) in [5.74, 6) is 1.79. The molecule has 4 heteroatoms. The number of aromatic amines is 1. The van der Waals surface area contributed by atoms with Gasteiger partial charge in [-0.1, -0.05) is 6.42 Å². The van der Waals surface area contributed by atoms with Crippen LogP contribution >= 0.6 is 0 Å². The van der Waals surface area contributed by atoms with Gasteiger partial charge in [-0.05, 0) is 31.9 Å². The minimum Gasteiger partial charge on any atom is -0.460 e. The fourth-order valence-electron chi connectivity index (χ4n) is 2.09. The van der Waals surface area contributed by atoms with Crippen molar-refractivity contribution in [1.82, 2.24) is 15.5 Å². The number of aromatic nitrogens is 2. The van der Waals surface area contributed by atoms with Crippen LogP contribution in [0, 0.1) is 6.92 Å². The predicted octanol–water partition coefficient (Wildman–Crippen LogP) is 2.62. The van der Waals surface area contributed by atoms with E-state index in [2.05, 4.69) is 15.5 Å². The van der Waals surface area contributed by atoms with Crippen LogP contribution in [0.2, 0.25) is 0 Å². The van der Waals surface area contributed by atoms with Gasteiger partial charge in [-0.15, -0.1) is 0 Å². The predicted molar refractivity (Wildman–Crippen MR) is 65.5 cm³/mol. The fourth-order valence-corrected chi connectivity index (χ4v) is 2.09. The Balaban J connectivity index is 1.74. The molecule has 0 atom stereocenters. The Labute approximate surface area is 100 Å². The molecule has 0 spiro atoms. The van der Waals surface area contributed by atoms with Gasteiger partial charge in [-0.3, -0.25) is 5.10 Å². The summed E-state index contributed by atoms with van der Waals surface area (Å²) < 4.78 is 5.62. The molecule has 0 saturated heterocycles. The summed E-state index contributed by atoms with van der Waals surface area (Å²) in [4.78, 5) is 0. The van der Waals surface area contributed by atoms with Crippen molar-refractivity contribution in [2.75, 3.05) is 0 Å². The highest BCUT2D eigenvalue weighted by atomic mass is 16.3. The van der Waals surface area contributed by atoms with Gasteiger partial charge in [0.15, 0.2) is 5.76 Å². The maximum atomic E-state index is 5.62. The zero-order chi connectivity index (χ0) is 11.7. The summed E-state index contributed by atoms with van der Waals surface area (Å²) >= 11 is 0. The lowest BCUT2D eigenvalue weighted by Crippen LogP contribution is -2.34. The highest BCUT2D eigenvalue weighted by molar-refractivity contribution is 5.56. The van der Waals surface area contributed by atoms with E-state index in [4.69, 9.17) is 4.42 Å². The van der Waals surface area contributed by atoms with Gasteiger partial charge in [0.1, 0.15) is 11.5 Å². The zero-order valence-corrected chi connectivity index (χ0v) is 9.99. The van der Waals surface area contributed by atoms with Crippen LogP contribution in [-0.4, -0.2) is 16.2 Å².